The summed E-state index contributed by atoms with van der Waals surface area (Å²) in [6.45, 7) is 1.97. The molecule has 0 saturated heterocycles. The molecule has 0 aliphatic carbocycles. The zero-order chi connectivity index (χ0) is 51.8. The molecule has 0 radical (unpaired) electrons. The highest BCUT2D eigenvalue weighted by atomic mass is 35.5. The number of carbonyl (C=O) groups excluding carboxylic acids is 2. The molecule has 0 bridgehead atoms. The van der Waals surface area contributed by atoms with Gasteiger partial charge in [0.2, 0.25) is 0 Å². The van der Waals surface area contributed by atoms with Crippen LogP contribution in [0.2, 0.25) is 20.1 Å². The maximum absolute atomic E-state index is 13.4. The van der Waals surface area contributed by atoms with Gasteiger partial charge in [-0.3, -0.25) is 9.59 Å². The molecule has 10 rings (SSSR count). The maximum Gasteiger partial charge on any atom is 0.256 e. The van der Waals surface area contributed by atoms with Crippen LogP contribution in [-0.2, 0) is 19.7 Å². The highest BCUT2D eigenvalue weighted by Gasteiger charge is 2.21. The lowest BCUT2D eigenvalue weighted by molar-refractivity contribution is 0.101. The number of rotatable bonds is 10. The maximum atomic E-state index is 13.4. The molecule has 0 spiro atoms. The third-order valence-electron chi connectivity index (χ3n) is 11.4. The second-order valence-electron chi connectivity index (χ2n) is 16.7. The fourth-order valence-electron chi connectivity index (χ4n) is 7.68. The van der Waals surface area contributed by atoms with E-state index in [1.54, 1.807) is 66.7 Å². The molecule has 0 aliphatic heterocycles. The summed E-state index contributed by atoms with van der Waals surface area (Å²) < 4.78 is 50.9. The SMILES string of the molecule is CS(=O)(=O)c1ccc(C(=O)Nc2ccc(Cl)c(-c3nc4ccccc4s3)c2)c(-c2ccc(Cl)c(Cl)c2)c1.Cc1ccc(-c2cc(S(C)(=O)=O)ccc2C(=O)Nc2ccc(Cl)c(-c3nc4ccccc4s3)c2)cc1. The Morgan fingerprint density at radius 2 is 0.877 bits per heavy atom. The Morgan fingerprint density at radius 1 is 0.452 bits per heavy atom. The average Bonchev–Trinajstić information content (AvgIpc) is 4.01. The number of nitrogens with zero attached hydrogens (tertiary/aromatic N) is 2. The van der Waals surface area contributed by atoms with Gasteiger partial charge in [0.15, 0.2) is 19.7 Å². The molecule has 0 saturated carbocycles. The van der Waals surface area contributed by atoms with E-state index in [1.165, 1.54) is 46.9 Å². The van der Waals surface area contributed by atoms with Crippen molar-refractivity contribution in [3.8, 4) is 43.4 Å². The number of para-hydroxylation sites is 2. The molecule has 2 aromatic heterocycles. The summed E-state index contributed by atoms with van der Waals surface area (Å²) in [5.41, 5.74) is 8.17. The van der Waals surface area contributed by atoms with Crippen molar-refractivity contribution in [2.75, 3.05) is 23.1 Å². The van der Waals surface area contributed by atoms with Gasteiger partial charge in [0.05, 0.1) is 50.3 Å². The molecule has 10 nitrogen and oxygen atoms in total. The number of carbonyl (C=O) groups is 2. The number of sulfone groups is 2. The lowest BCUT2D eigenvalue weighted by atomic mass is 9.98. The molecule has 0 fully saturated rings. The number of aryl methyl sites for hydroxylation is 1. The van der Waals surface area contributed by atoms with E-state index in [0.29, 0.717) is 54.3 Å². The van der Waals surface area contributed by atoms with Gasteiger partial charge < -0.3 is 10.6 Å². The smallest absolute Gasteiger partial charge is 0.256 e. The molecule has 2 N–H and O–H groups in total. The summed E-state index contributed by atoms with van der Waals surface area (Å²) in [5.74, 6) is -0.790. The van der Waals surface area contributed by atoms with Gasteiger partial charge in [0.1, 0.15) is 10.0 Å². The Balaban J connectivity index is 0.000000180. The lowest BCUT2D eigenvalue weighted by Crippen LogP contribution is -2.14. The molecule has 10 aromatic rings. The number of aromatic nitrogens is 2. The quantitative estimate of drug-likeness (QED) is 0.137. The molecule has 0 unspecified atom stereocenters. The first-order valence-corrected chi connectivity index (χ1v) is 28.9. The second kappa shape index (κ2) is 21.2. The summed E-state index contributed by atoms with van der Waals surface area (Å²) in [6, 6.07) is 47.4. The lowest BCUT2D eigenvalue weighted by Gasteiger charge is -2.14. The Bertz CT molecular complexity index is 3980. The first kappa shape index (κ1) is 51.4. The molecule has 8 aromatic carbocycles. The van der Waals surface area contributed by atoms with Gasteiger partial charge in [-0.1, -0.05) is 107 Å². The fourth-order valence-corrected chi connectivity index (χ4v) is 11.8. The monoisotopic (exact) mass is 1120 g/mol. The third-order valence-corrected chi connectivity index (χ3v) is 17.2. The topological polar surface area (TPSA) is 152 Å². The number of anilines is 2. The van der Waals surface area contributed by atoms with Crippen molar-refractivity contribution in [2.24, 2.45) is 0 Å². The van der Waals surface area contributed by atoms with Gasteiger partial charge in [-0.2, -0.15) is 0 Å². The number of hydrogen-bond acceptors (Lipinski definition) is 10. The third kappa shape index (κ3) is 11.7. The zero-order valence-corrected chi connectivity index (χ0v) is 44.9. The van der Waals surface area contributed by atoms with Crippen LogP contribution in [0.5, 0.6) is 0 Å². The van der Waals surface area contributed by atoms with Gasteiger partial charge >= 0.3 is 0 Å². The normalized spacial score (nSPS) is 11.5. The molecule has 0 atom stereocenters. The van der Waals surface area contributed by atoms with Gasteiger partial charge in [-0.25, -0.2) is 26.8 Å². The van der Waals surface area contributed by atoms with Crippen molar-refractivity contribution in [2.45, 2.75) is 16.7 Å². The van der Waals surface area contributed by atoms with Crippen molar-refractivity contribution in [3.63, 3.8) is 0 Å². The highest BCUT2D eigenvalue weighted by Crippen LogP contribution is 2.39. The predicted molar refractivity (Wildman–Crippen MR) is 301 cm³/mol. The van der Waals surface area contributed by atoms with Gasteiger partial charge in [0, 0.05) is 46.1 Å². The van der Waals surface area contributed by atoms with Gasteiger partial charge in [0.25, 0.3) is 11.8 Å². The van der Waals surface area contributed by atoms with E-state index in [9.17, 15) is 26.4 Å². The summed E-state index contributed by atoms with van der Waals surface area (Å²) in [4.78, 5) is 36.4. The van der Waals surface area contributed by atoms with Crippen LogP contribution in [-0.4, -0.2) is 51.1 Å². The summed E-state index contributed by atoms with van der Waals surface area (Å²) in [7, 11) is -6.96. The van der Waals surface area contributed by atoms with Crippen molar-refractivity contribution in [1.82, 2.24) is 9.97 Å². The molecule has 366 valence electrons. The molecule has 73 heavy (non-hydrogen) atoms. The number of hydrogen-bond donors (Lipinski definition) is 2. The number of benzene rings is 8. The first-order valence-electron chi connectivity index (χ1n) is 21.9. The number of amides is 2. The number of halogens is 4. The van der Waals surface area contributed by atoms with Crippen molar-refractivity contribution >= 4 is 132 Å². The van der Waals surface area contributed by atoms with Crippen LogP contribution < -0.4 is 10.6 Å². The molecule has 0 aliphatic rings. The minimum absolute atomic E-state index is 0.0785. The van der Waals surface area contributed by atoms with E-state index in [2.05, 4.69) is 20.6 Å². The van der Waals surface area contributed by atoms with Crippen LogP contribution in [0.4, 0.5) is 11.4 Å². The minimum atomic E-state index is -3.52. The van der Waals surface area contributed by atoms with E-state index in [0.717, 1.165) is 59.7 Å². The van der Waals surface area contributed by atoms with Crippen LogP contribution in [0.1, 0.15) is 26.3 Å². The Morgan fingerprint density at radius 3 is 1.32 bits per heavy atom. The molecule has 2 heterocycles. The van der Waals surface area contributed by atoms with E-state index < -0.39 is 25.6 Å². The average molecular weight is 1120 g/mol. The van der Waals surface area contributed by atoms with Crippen LogP contribution in [0.25, 0.3) is 63.8 Å². The summed E-state index contributed by atoms with van der Waals surface area (Å²) in [5, 5.41) is 9.00. The van der Waals surface area contributed by atoms with E-state index >= 15 is 0 Å². The zero-order valence-electron chi connectivity index (χ0n) is 38.6. The van der Waals surface area contributed by atoms with E-state index in [4.69, 9.17) is 46.4 Å². The fraction of sp³-hybridized carbons (Fsp3) is 0.0545. The summed E-state index contributed by atoms with van der Waals surface area (Å²) in [6.07, 6.45) is 2.26. The molecule has 18 heteroatoms. The minimum Gasteiger partial charge on any atom is -0.322 e. The highest BCUT2D eigenvalue weighted by molar-refractivity contribution is 7.91. The van der Waals surface area contributed by atoms with E-state index in [1.807, 2.05) is 79.7 Å². The first-order chi connectivity index (χ1) is 34.8. The molecular weight excluding hydrogens is 1080 g/mol. The van der Waals surface area contributed by atoms with Crippen molar-refractivity contribution < 1.29 is 26.4 Å². The van der Waals surface area contributed by atoms with Crippen LogP contribution in [0.3, 0.4) is 0 Å². The molecule has 2 amide bonds. The largest absolute Gasteiger partial charge is 0.322 e. The molecular formula is C55H38Cl4N4O6S4. The van der Waals surface area contributed by atoms with Gasteiger partial charge in [-0.05, 0) is 138 Å². The summed E-state index contributed by atoms with van der Waals surface area (Å²) >= 11 is 28.3. The Kier molecular flexibility index (Phi) is 14.9. The second-order valence-corrected chi connectivity index (χ2v) is 24.4. The van der Waals surface area contributed by atoms with Crippen LogP contribution >= 0.6 is 69.1 Å². The standard InChI is InChI=1S/C28H21ClN2O3S2.C27H17Cl3N2O3S2/c1-17-7-9-18(10-8-17)22-16-20(36(2,33)34)12-13-21(22)27(32)30-19-11-14-24(29)23(15-19)28-31-25-5-3-4-6-26(25)35-28;1-37(34,35)17-8-9-18(19(14-17)15-6-10-22(29)23(30)12-15)26(33)31-16-7-11-21(28)20(13-16)27-32-24-4-2-3-5-25(24)36-27/h3-16H,1-2H3,(H,30,32);2-14H,1H3,(H,31,33). The van der Waals surface area contributed by atoms with Crippen LogP contribution in [0, 0.1) is 6.92 Å². The Labute approximate surface area is 449 Å². The van der Waals surface area contributed by atoms with Crippen molar-refractivity contribution in [3.05, 3.63) is 201 Å². The van der Waals surface area contributed by atoms with Crippen LogP contribution in [0.15, 0.2) is 174 Å². The van der Waals surface area contributed by atoms with E-state index in [-0.39, 0.29) is 26.3 Å². The Hall–Kier alpha value is -6.46. The number of nitrogens with one attached hydrogen (secondary N) is 2. The van der Waals surface area contributed by atoms with Gasteiger partial charge in [-0.15, -0.1) is 22.7 Å². The predicted octanol–water partition coefficient (Wildman–Crippen LogP) is 15.5. The number of fused-ring (bicyclic) bond motifs is 2. The van der Waals surface area contributed by atoms with Crippen molar-refractivity contribution in [1.29, 1.82) is 0 Å². The number of thiazole rings is 2.